The van der Waals surface area contributed by atoms with E-state index in [4.69, 9.17) is 9.84 Å². The molecule has 0 aliphatic rings. The van der Waals surface area contributed by atoms with Gasteiger partial charge in [0.05, 0.1) is 6.10 Å². The summed E-state index contributed by atoms with van der Waals surface area (Å²) in [5, 5.41) is 12.1. The summed E-state index contributed by atoms with van der Waals surface area (Å²) in [4.78, 5) is 0. The number of hydrogen-bond donors (Lipinski definition) is 2. The highest BCUT2D eigenvalue weighted by molar-refractivity contribution is 5.28. The molecule has 1 aromatic carbocycles. The lowest BCUT2D eigenvalue weighted by molar-refractivity contribution is 0.122. The molecule has 0 radical (unpaired) electrons. The van der Waals surface area contributed by atoms with Gasteiger partial charge in [-0.05, 0) is 31.7 Å². The summed E-state index contributed by atoms with van der Waals surface area (Å²) in [6.07, 6.45) is -0.428. The summed E-state index contributed by atoms with van der Waals surface area (Å²) in [6.45, 7) is 2.87. The van der Waals surface area contributed by atoms with Gasteiger partial charge >= 0.3 is 0 Å². The average molecular weight is 195 g/mol. The molecule has 3 nitrogen and oxygen atoms in total. The van der Waals surface area contributed by atoms with Crippen molar-refractivity contribution in [2.24, 2.45) is 0 Å². The highest BCUT2D eigenvalue weighted by Crippen LogP contribution is 2.13. The Morgan fingerprint density at radius 1 is 1.50 bits per heavy atom. The Morgan fingerprint density at radius 3 is 2.93 bits per heavy atom. The van der Waals surface area contributed by atoms with Crippen LogP contribution in [0.4, 0.5) is 0 Å². The minimum absolute atomic E-state index is 0.336. The fraction of sp³-hybridized carbons (Fsp3) is 0.455. The molecule has 0 saturated heterocycles. The molecule has 0 heterocycles. The van der Waals surface area contributed by atoms with Crippen LogP contribution in [0.1, 0.15) is 12.5 Å². The quantitative estimate of drug-likeness (QED) is 0.741. The van der Waals surface area contributed by atoms with Crippen molar-refractivity contribution in [3.05, 3.63) is 29.8 Å². The fourth-order valence-electron chi connectivity index (χ4n) is 1.17. The van der Waals surface area contributed by atoms with Crippen LogP contribution in [0.2, 0.25) is 0 Å². The second-order valence-corrected chi connectivity index (χ2v) is 3.34. The zero-order chi connectivity index (χ0) is 10.4. The molecule has 0 saturated carbocycles. The van der Waals surface area contributed by atoms with Crippen LogP contribution < -0.4 is 10.1 Å². The Labute approximate surface area is 84.7 Å². The lowest BCUT2D eigenvalue weighted by atomic mass is 10.2. The van der Waals surface area contributed by atoms with Gasteiger partial charge in [-0.2, -0.15) is 0 Å². The Kier molecular flexibility index (Phi) is 4.43. The molecule has 3 heteroatoms. The standard InChI is InChI=1S/C11H17NO2/c1-9(13)8-14-11-5-3-4-10(6-11)7-12-2/h3-6,9,12-13H,7-8H2,1-2H3. The van der Waals surface area contributed by atoms with Gasteiger partial charge in [-0.15, -0.1) is 0 Å². The molecule has 0 spiro atoms. The maximum absolute atomic E-state index is 9.05. The summed E-state index contributed by atoms with van der Waals surface area (Å²) in [5.41, 5.74) is 1.18. The van der Waals surface area contributed by atoms with Crippen molar-refractivity contribution < 1.29 is 9.84 Å². The molecule has 78 valence electrons. The Morgan fingerprint density at radius 2 is 2.29 bits per heavy atom. The molecule has 1 rings (SSSR count). The van der Waals surface area contributed by atoms with E-state index in [-0.39, 0.29) is 0 Å². The first kappa shape index (κ1) is 11.0. The van der Waals surface area contributed by atoms with Crippen LogP contribution in [-0.4, -0.2) is 24.9 Å². The number of benzene rings is 1. The molecule has 0 aromatic heterocycles. The van der Waals surface area contributed by atoms with E-state index in [2.05, 4.69) is 5.32 Å². The molecule has 0 bridgehead atoms. The minimum Gasteiger partial charge on any atom is -0.491 e. The van der Waals surface area contributed by atoms with Gasteiger partial charge in [0.25, 0.3) is 0 Å². The van der Waals surface area contributed by atoms with E-state index in [1.165, 1.54) is 5.56 Å². The highest BCUT2D eigenvalue weighted by Gasteiger charge is 1.98. The fourth-order valence-corrected chi connectivity index (χ4v) is 1.17. The summed E-state index contributed by atoms with van der Waals surface area (Å²) in [6, 6.07) is 7.84. The molecule has 1 aromatic rings. The molecule has 1 atom stereocenters. The van der Waals surface area contributed by atoms with Gasteiger partial charge in [0, 0.05) is 6.54 Å². The summed E-state index contributed by atoms with van der Waals surface area (Å²) in [5.74, 6) is 0.804. The molecular weight excluding hydrogens is 178 g/mol. The number of rotatable bonds is 5. The maximum Gasteiger partial charge on any atom is 0.119 e. The lowest BCUT2D eigenvalue weighted by Gasteiger charge is -2.09. The third-order valence-corrected chi connectivity index (χ3v) is 1.77. The van der Waals surface area contributed by atoms with Gasteiger partial charge in [0.15, 0.2) is 0 Å². The van der Waals surface area contributed by atoms with Gasteiger partial charge < -0.3 is 15.2 Å². The first-order valence-electron chi connectivity index (χ1n) is 4.77. The topological polar surface area (TPSA) is 41.5 Å². The molecular formula is C11H17NO2. The Balaban J connectivity index is 2.54. The zero-order valence-corrected chi connectivity index (χ0v) is 8.66. The van der Waals surface area contributed by atoms with Crippen molar-refractivity contribution in [2.45, 2.75) is 19.6 Å². The van der Waals surface area contributed by atoms with Crippen LogP contribution in [0, 0.1) is 0 Å². The average Bonchev–Trinajstić information content (AvgIpc) is 2.16. The molecule has 14 heavy (non-hydrogen) atoms. The monoisotopic (exact) mass is 195 g/mol. The maximum atomic E-state index is 9.05. The number of aliphatic hydroxyl groups is 1. The van der Waals surface area contributed by atoms with E-state index in [9.17, 15) is 0 Å². The molecule has 0 amide bonds. The SMILES string of the molecule is CNCc1cccc(OCC(C)O)c1. The van der Waals surface area contributed by atoms with E-state index in [1.54, 1.807) is 6.92 Å². The molecule has 2 N–H and O–H groups in total. The third kappa shape index (κ3) is 3.77. The van der Waals surface area contributed by atoms with Gasteiger partial charge in [0.1, 0.15) is 12.4 Å². The number of hydrogen-bond acceptors (Lipinski definition) is 3. The number of nitrogens with one attached hydrogen (secondary N) is 1. The van der Waals surface area contributed by atoms with Crippen molar-refractivity contribution in [1.82, 2.24) is 5.32 Å². The normalized spacial score (nSPS) is 12.5. The smallest absolute Gasteiger partial charge is 0.119 e. The number of ether oxygens (including phenoxy) is 1. The van der Waals surface area contributed by atoms with Crippen molar-refractivity contribution in [3.63, 3.8) is 0 Å². The van der Waals surface area contributed by atoms with Crippen molar-refractivity contribution in [2.75, 3.05) is 13.7 Å². The van der Waals surface area contributed by atoms with Gasteiger partial charge in [-0.25, -0.2) is 0 Å². The van der Waals surface area contributed by atoms with Crippen molar-refractivity contribution >= 4 is 0 Å². The molecule has 0 aliphatic heterocycles. The van der Waals surface area contributed by atoms with Crippen LogP contribution in [0.3, 0.4) is 0 Å². The summed E-state index contributed by atoms with van der Waals surface area (Å²) < 4.78 is 5.38. The minimum atomic E-state index is -0.428. The highest BCUT2D eigenvalue weighted by atomic mass is 16.5. The molecule has 0 aliphatic carbocycles. The first-order chi connectivity index (χ1) is 6.72. The summed E-state index contributed by atoms with van der Waals surface area (Å²) >= 11 is 0. The van der Waals surface area contributed by atoms with Crippen LogP contribution in [0.15, 0.2) is 24.3 Å². The predicted molar refractivity (Wildman–Crippen MR) is 56.4 cm³/mol. The van der Waals surface area contributed by atoms with E-state index < -0.39 is 6.10 Å². The van der Waals surface area contributed by atoms with Crippen LogP contribution in [0.5, 0.6) is 5.75 Å². The van der Waals surface area contributed by atoms with Crippen LogP contribution in [0.25, 0.3) is 0 Å². The Hall–Kier alpha value is -1.06. The van der Waals surface area contributed by atoms with Gasteiger partial charge in [0.2, 0.25) is 0 Å². The molecule has 1 unspecified atom stereocenters. The van der Waals surface area contributed by atoms with E-state index in [0.717, 1.165) is 12.3 Å². The van der Waals surface area contributed by atoms with Gasteiger partial charge in [-0.1, -0.05) is 12.1 Å². The van der Waals surface area contributed by atoms with Crippen molar-refractivity contribution in [1.29, 1.82) is 0 Å². The van der Waals surface area contributed by atoms with Crippen LogP contribution >= 0.6 is 0 Å². The predicted octanol–water partition coefficient (Wildman–Crippen LogP) is 1.17. The summed E-state index contributed by atoms with van der Waals surface area (Å²) in [7, 11) is 1.91. The first-order valence-corrected chi connectivity index (χ1v) is 4.77. The van der Waals surface area contributed by atoms with Crippen molar-refractivity contribution in [3.8, 4) is 5.75 Å². The lowest BCUT2D eigenvalue weighted by Crippen LogP contribution is -2.13. The van der Waals surface area contributed by atoms with Gasteiger partial charge in [-0.3, -0.25) is 0 Å². The zero-order valence-electron chi connectivity index (χ0n) is 8.66. The second kappa shape index (κ2) is 5.62. The van der Waals surface area contributed by atoms with E-state index in [1.807, 2.05) is 31.3 Å². The van der Waals surface area contributed by atoms with Crippen LogP contribution in [-0.2, 0) is 6.54 Å². The number of aliphatic hydroxyl groups excluding tert-OH is 1. The van der Waals surface area contributed by atoms with E-state index >= 15 is 0 Å². The Bertz CT molecular complexity index is 274. The second-order valence-electron chi connectivity index (χ2n) is 3.34. The third-order valence-electron chi connectivity index (χ3n) is 1.77. The largest absolute Gasteiger partial charge is 0.491 e. The van der Waals surface area contributed by atoms with E-state index in [0.29, 0.717) is 6.61 Å². The molecule has 0 fully saturated rings.